The number of amides is 1. The van der Waals surface area contributed by atoms with Crippen LogP contribution in [0.2, 0.25) is 10.0 Å². The first-order chi connectivity index (χ1) is 12.6. The average Bonchev–Trinajstić information content (AvgIpc) is 3.10. The maximum absolute atomic E-state index is 12.7. The number of sulfone groups is 1. The Morgan fingerprint density at radius 3 is 2.59 bits per heavy atom. The molecule has 6 nitrogen and oxygen atoms in total. The normalized spacial score (nSPS) is 18.6. The lowest BCUT2D eigenvalue weighted by Crippen LogP contribution is -2.26. The van der Waals surface area contributed by atoms with Crippen molar-refractivity contribution in [2.24, 2.45) is 0 Å². The first kappa shape index (κ1) is 20.2. The van der Waals surface area contributed by atoms with Crippen LogP contribution in [0.3, 0.4) is 0 Å². The molecule has 27 heavy (non-hydrogen) atoms. The minimum Gasteiger partial charge on any atom is -0.337 e. The molecule has 0 spiro atoms. The fraction of sp³-hybridized carbons (Fsp3) is 0.444. The van der Waals surface area contributed by atoms with Gasteiger partial charge in [0.2, 0.25) is 0 Å². The predicted molar refractivity (Wildman–Crippen MR) is 106 cm³/mol. The molecule has 0 N–H and O–H groups in total. The Morgan fingerprint density at radius 1 is 1.30 bits per heavy atom. The second-order valence-corrected chi connectivity index (χ2v) is 9.98. The number of benzene rings is 1. The highest BCUT2D eigenvalue weighted by Crippen LogP contribution is 2.28. The number of aromatic nitrogens is 2. The van der Waals surface area contributed by atoms with Crippen molar-refractivity contribution in [3.63, 3.8) is 0 Å². The standard InChI is InChI=1S/C18H21Cl2N3O3S/c1-11-15(12(2)23(21-11)14-6-7-27(25,26)10-14)9-22(3)18(24)13-4-5-16(19)17(20)8-13/h4-5,8,14H,6-7,9-10H2,1-3H3. The molecule has 0 radical (unpaired) electrons. The van der Waals surface area contributed by atoms with Crippen LogP contribution in [0.1, 0.15) is 39.8 Å². The van der Waals surface area contributed by atoms with Crippen LogP contribution >= 0.6 is 23.2 Å². The van der Waals surface area contributed by atoms with Crippen molar-refractivity contribution in [2.75, 3.05) is 18.6 Å². The van der Waals surface area contributed by atoms with Gasteiger partial charge in [-0.25, -0.2) is 8.42 Å². The minimum atomic E-state index is -2.99. The van der Waals surface area contributed by atoms with Gasteiger partial charge in [0.15, 0.2) is 9.84 Å². The number of hydrogen-bond donors (Lipinski definition) is 0. The summed E-state index contributed by atoms with van der Waals surface area (Å²) in [5.74, 6) is 0.136. The van der Waals surface area contributed by atoms with Crippen LogP contribution in [0.5, 0.6) is 0 Å². The number of rotatable bonds is 4. The molecular formula is C18H21Cl2N3O3S. The van der Waals surface area contributed by atoms with Gasteiger partial charge >= 0.3 is 0 Å². The molecule has 1 fully saturated rings. The summed E-state index contributed by atoms with van der Waals surface area (Å²) in [6.07, 6.45) is 0.571. The number of carbonyl (C=O) groups excluding carboxylic acids is 1. The van der Waals surface area contributed by atoms with Crippen LogP contribution < -0.4 is 0 Å². The summed E-state index contributed by atoms with van der Waals surface area (Å²) in [5.41, 5.74) is 3.07. The molecule has 1 saturated heterocycles. The second kappa shape index (κ2) is 7.45. The van der Waals surface area contributed by atoms with Gasteiger partial charge in [0.25, 0.3) is 5.91 Å². The van der Waals surface area contributed by atoms with E-state index in [0.29, 0.717) is 28.6 Å². The van der Waals surface area contributed by atoms with Crippen molar-refractivity contribution >= 4 is 38.9 Å². The molecule has 1 aliphatic heterocycles. The van der Waals surface area contributed by atoms with Crippen molar-refractivity contribution in [3.05, 3.63) is 50.8 Å². The number of nitrogens with zero attached hydrogens (tertiary/aromatic N) is 3. The number of aryl methyl sites for hydroxylation is 1. The molecule has 1 unspecified atom stereocenters. The molecule has 2 heterocycles. The third kappa shape index (κ3) is 4.15. The van der Waals surface area contributed by atoms with Gasteiger partial charge in [-0.3, -0.25) is 9.48 Å². The first-order valence-electron chi connectivity index (χ1n) is 8.54. The van der Waals surface area contributed by atoms with Crippen molar-refractivity contribution in [2.45, 2.75) is 32.9 Å². The van der Waals surface area contributed by atoms with Crippen LogP contribution in [0.15, 0.2) is 18.2 Å². The number of halogens is 2. The lowest BCUT2D eigenvalue weighted by Gasteiger charge is -2.18. The fourth-order valence-corrected chi connectivity index (χ4v) is 5.40. The summed E-state index contributed by atoms with van der Waals surface area (Å²) in [4.78, 5) is 14.3. The van der Waals surface area contributed by atoms with Crippen molar-refractivity contribution in [1.82, 2.24) is 14.7 Å². The third-order valence-electron chi connectivity index (χ3n) is 4.94. The molecule has 0 saturated carbocycles. The quantitative estimate of drug-likeness (QED) is 0.745. The molecule has 0 bridgehead atoms. The molecule has 9 heteroatoms. The van der Waals surface area contributed by atoms with E-state index in [-0.39, 0.29) is 23.5 Å². The molecule has 1 atom stereocenters. The summed E-state index contributed by atoms with van der Waals surface area (Å²) in [5, 5.41) is 5.27. The SMILES string of the molecule is Cc1nn(C2CCS(=O)(=O)C2)c(C)c1CN(C)C(=O)c1ccc(Cl)c(Cl)c1. The Balaban J connectivity index is 1.81. The molecule has 1 amide bonds. The Hall–Kier alpha value is -1.57. The van der Waals surface area contributed by atoms with E-state index in [4.69, 9.17) is 23.2 Å². The highest BCUT2D eigenvalue weighted by atomic mass is 35.5. The van der Waals surface area contributed by atoms with Gasteiger partial charge in [-0.15, -0.1) is 0 Å². The second-order valence-electron chi connectivity index (χ2n) is 6.94. The molecule has 1 aromatic carbocycles. The smallest absolute Gasteiger partial charge is 0.253 e. The van der Waals surface area contributed by atoms with Crippen LogP contribution in [0.4, 0.5) is 0 Å². The largest absolute Gasteiger partial charge is 0.337 e. The summed E-state index contributed by atoms with van der Waals surface area (Å²) >= 11 is 11.9. The molecular weight excluding hydrogens is 409 g/mol. The summed E-state index contributed by atoms with van der Waals surface area (Å²) in [7, 11) is -1.28. The zero-order valence-corrected chi connectivity index (χ0v) is 17.7. The van der Waals surface area contributed by atoms with E-state index in [1.54, 1.807) is 34.8 Å². The first-order valence-corrected chi connectivity index (χ1v) is 11.1. The van der Waals surface area contributed by atoms with E-state index in [0.717, 1.165) is 17.0 Å². The van der Waals surface area contributed by atoms with E-state index in [1.165, 1.54) is 0 Å². The third-order valence-corrected chi connectivity index (χ3v) is 7.43. The Morgan fingerprint density at radius 2 is 2.00 bits per heavy atom. The van der Waals surface area contributed by atoms with Gasteiger partial charge in [0.1, 0.15) is 0 Å². The van der Waals surface area contributed by atoms with E-state index in [9.17, 15) is 13.2 Å². The predicted octanol–water partition coefficient (Wildman–Crippen LogP) is 3.44. The molecule has 1 aliphatic rings. The van der Waals surface area contributed by atoms with Gasteiger partial charge in [-0.2, -0.15) is 5.10 Å². The Kier molecular flexibility index (Phi) is 5.57. The van der Waals surface area contributed by atoms with Gasteiger partial charge in [-0.1, -0.05) is 23.2 Å². The lowest BCUT2D eigenvalue weighted by molar-refractivity contribution is 0.0784. The molecule has 2 aromatic rings. The number of carbonyl (C=O) groups is 1. The summed E-state index contributed by atoms with van der Waals surface area (Å²) in [6.45, 7) is 4.16. The minimum absolute atomic E-state index is 0.118. The zero-order chi connectivity index (χ0) is 19.9. The van der Waals surface area contributed by atoms with Crippen molar-refractivity contribution < 1.29 is 13.2 Å². The monoisotopic (exact) mass is 429 g/mol. The lowest BCUT2D eigenvalue weighted by atomic mass is 10.1. The maximum Gasteiger partial charge on any atom is 0.253 e. The van der Waals surface area contributed by atoms with Gasteiger partial charge in [-0.05, 0) is 38.5 Å². The molecule has 0 aliphatic carbocycles. The van der Waals surface area contributed by atoms with Crippen LogP contribution in [-0.2, 0) is 16.4 Å². The zero-order valence-electron chi connectivity index (χ0n) is 15.4. The topological polar surface area (TPSA) is 72.3 Å². The van der Waals surface area contributed by atoms with Crippen molar-refractivity contribution in [1.29, 1.82) is 0 Å². The maximum atomic E-state index is 12.7. The summed E-state index contributed by atoms with van der Waals surface area (Å²) < 4.78 is 25.4. The average molecular weight is 430 g/mol. The van der Waals surface area contributed by atoms with E-state index < -0.39 is 9.84 Å². The molecule has 1 aromatic heterocycles. The number of hydrogen-bond acceptors (Lipinski definition) is 4. The van der Waals surface area contributed by atoms with E-state index in [2.05, 4.69) is 5.10 Å². The fourth-order valence-electron chi connectivity index (χ4n) is 3.41. The van der Waals surface area contributed by atoms with E-state index >= 15 is 0 Å². The van der Waals surface area contributed by atoms with Crippen LogP contribution in [-0.4, -0.2) is 47.6 Å². The van der Waals surface area contributed by atoms with Crippen LogP contribution in [0.25, 0.3) is 0 Å². The van der Waals surface area contributed by atoms with E-state index in [1.807, 2.05) is 13.8 Å². The Labute approximate surface area is 169 Å². The van der Waals surface area contributed by atoms with Crippen molar-refractivity contribution in [3.8, 4) is 0 Å². The summed E-state index contributed by atoms with van der Waals surface area (Å²) in [6, 6.07) is 4.65. The Bertz CT molecular complexity index is 1000. The highest BCUT2D eigenvalue weighted by molar-refractivity contribution is 7.91. The molecule has 3 rings (SSSR count). The highest BCUT2D eigenvalue weighted by Gasteiger charge is 2.31. The van der Waals surface area contributed by atoms with Gasteiger partial charge in [0, 0.05) is 30.4 Å². The van der Waals surface area contributed by atoms with Gasteiger partial charge < -0.3 is 4.90 Å². The van der Waals surface area contributed by atoms with Gasteiger partial charge in [0.05, 0.1) is 33.3 Å². The molecule has 146 valence electrons. The van der Waals surface area contributed by atoms with Crippen LogP contribution in [0, 0.1) is 13.8 Å².